The lowest BCUT2D eigenvalue weighted by molar-refractivity contribution is 1.38. The van der Waals surface area contributed by atoms with E-state index >= 15 is 0 Å². The van der Waals surface area contributed by atoms with E-state index in [1.54, 1.807) is 7.05 Å². The van der Waals surface area contributed by atoms with Crippen LogP contribution in [0.5, 0.6) is 0 Å². The Morgan fingerprint density at radius 3 is 2.72 bits per heavy atom. The van der Waals surface area contributed by atoms with Crippen LogP contribution in [0.15, 0.2) is 45.3 Å². The molecule has 0 bridgehead atoms. The minimum Gasteiger partial charge on any atom is -0.270 e. The summed E-state index contributed by atoms with van der Waals surface area (Å²) in [6.45, 7) is 5.69. The summed E-state index contributed by atoms with van der Waals surface area (Å²) in [5.74, 6) is 1.41. The Morgan fingerprint density at radius 1 is 1.22 bits per heavy atom. The molecule has 1 aliphatic heterocycles. The minimum absolute atomic E-state index is 0.666. The van der Waals surface area contributed by atoms with Crippen molar-refractivity contribution in [3.05, 3.63) is 47.0 Å². The average Bonchev–Trinajstić information content (AvgIpc) is 2.77. The lowest BCUT2D eigenvalue weighted by Crippen LogP contribution is -2.00. The van der Waals surface area contributed by atoms with E-state index in [2.05, 4.69) is 46.8 Å². The van der Waals surface area contributed by atoms with E-state index in [1.165, 1.54) is 16.3 Å². The smallest absolute Gasteiger partial charge is 0.161 e. The first kappa shape index (κ1) is 10.8. The molecule has 0 saturated heterocycles. The summed E-state index contributed by atoms with van der Waals surface area (Å²) in [7, 11) is 1.75. The predicted octanol–water partition coefficient (Wildman–Crippen LogP) is 2.99. The highest BCUT2D eigenvalue weighted by molar-refractivity contribution is 6.25. The Bertz CT molecular complexity index is 724. The van der Waals surface area contributed by atoms with Crippen molar-refractivity contribution < 1.29 is 0 Å². The van der Waals surface area contributed by atoms with E-state index in [1.807, 2.05) is 12.1 Å². The summed E-state index contributed by atoms with van der Waals surface area (Å²) in [5.41, 5.74) is 3.31. The molecule has 3 heteroatoms. The zero-order chi connectivity index (χ0) is 12.7. The van der Waals surface area contributed by atoms with Crippen LogP contribution in [0, 0.1) is 6.92 Å². The molecule has 3 nitrogen and oxygen atoms in total. The van der Waals surface area contributed by atoms with Crippen LogP contribution in [0.2, 0.25) is 0 Å². The van der Waals surface area contributed by atoms with Gasteiger partial charge in [0.25, 0.3) is 0 Å². The molecule has 88 valence electrons. The molecular formula is C15H13N3. The number of benzene rings is 2. The maximum atomic E-state index is 4.41. The highest BCUT2D eigenvalue weighted by atomic mass is 15.0. The molecular weight excluding hydrogens is 222 g/mol. The van der Waals surface area contributed by atoms with E-state index < -0.39 is 0 Å². The van der Waals surface area contributed by atoms with Gasteiger partial charge in [-0.3, -0.25) is 4.99 Å². The van der Waals surface area contributed by atoms with Gasteiger partial charge in [0, 0.05) is 18.2 Å². The van der Waals surface area contributed by atoms with Crippen LogP contribution in [-0.4, -0.2) is 25.4 Å². The van der Waals surface area contributed by atoms with E-state index in [0.29, 0.717) is 5.84 Å². The number of aryl methyl sites for hydroxylation is 1. The van der Waals surface area contributed by atoms with Crippen LogP contribution >= 0.6 is 0 Å². The quantitative estimate of drug-likeness (QED) is 0.629. The summed E-state index contributed by atoms with van der Waals surface area (Å²) in [6.07, 6.45) is 0. The molecule has 0 amide bonds. The maximum Gasteiger partial charge on any atom is 0.161 e. The van der Waals surface area contributed by atoms with E-state index in [9.17, 15) is 0 Å². The molecule has 18 heavy (non-hydrogen) atoms. The average molecular weight is 235 g/mol. The van der Waals surface area contributed by atoms with Crippen molar-refractivity contribution in [3.8, 4) is 0 Å². The molecule has 0 N–H and O–H groups in total. The Hall–Kier alpha value is -2.29. The first-order valence-corrected chi connectivity index (χ1v) is 5.81. The number of aliphatic imine (C=N–C) groups is 3. The number of hydrogen-bond acceptors (Lipinski definition) is 2. The van der Waals surface area contributed by atoms with E-state index in [-0.39, 0.29) is 0 Å². The first-order chi connectivity index (χ1) is 8.76. The second-order valence-corrected chi connectivity index (χ2v) is 4.29. The monoisotopic (exact) mass is 235 g/mol. The maximum absolute atomic E-state index is 4.41. The van der Waals surface area contributed by atoms with Crippen LogP contribution in [-0.2, 0) is 0 Å². The number of fused-ring (bicyclic) bond motifs is 2. The Morgan fingerprint density at radius 2 is 2.00 bits per heavy atom. The SMILES string of the molecule is C=NC1=NC(=NC)c2c1cc1ccccc1c2C. The minimum atomic E-state index is 0.666. The van der Waals surface area contributed by atoms with Gasteiger partial charge < -0.3 is 0 Å². The Kier molecular flexibility index (Phi) is 2.33. The molecule has 0 spiro atoms. The molecule has 0 atom stereocenters. The van der Waals surface area contributed by atoms with Crippen LogP contribution < -0.4 is 0 Å². The van der Waals surface area contributed by atoms with E-state index in [4.69, 9.17) is 0 Å². The third kappa shape index (κ3) is 1.34. The summed E-state index contributed by atoms with van der Waals surface area (Å²) >= 11 is 0. The molecule has 2 aromatic rings. The fourth-order valence-corrected chi connectivity index (χ4v) is 2.49. The van der Waals surface area contributed by atoms with Gasteiger partial charge in [0.1, 0.15) is 0 Å². The third-order valence-electron chi connectivity index (χ3n) is 3.35. The highest BCUT2D eigenvalue weighted by Gasteiger charge is 2.23. The molecule has 0 aliphatic carbocycles. The van der Waals surface area contributed by atoms with Crippen molar-refractivity contribution in [1.82, 2.24) is 0 Å². The first-order valence-electron chi connectivity index (χ1n) is 5.81. The summed E-state index contributed by atoms with van der Waals surface area (Å²) < 4.78 is 0. The van der Waals surface area contributed by atoms with Crippen LogP contribution in [0.3, 0.4) is 0 Å². The van der Waals surface area contributed by atoms with Gasteiger partial charge in [-0.25, -0.2) is 9.98 Å². The third-order valence-corrected chi connectivity index (χ3v) is 3.35. The topological polar surface area (TPSA) is 37.1 Å². The lowest BCUT2D eigenvalue weighted by Gasteiger charge is -2.08. The Labute approximate surface area is 106 Å². The van der Waals surface area contributed by atoms with Gasteiger partial charge >= 0.3 is 0 Å². The summed E-state index contributed by atoms with van der Waals surface area (Å²) in [6, 6.07) is 10.4. The number of rotatable bonds is 0. The van der Waals surface area contributed by atoms with E-state index in [0.717, 1.165) is 17.0 Å². The zero-order valence-corrected chi connectivity index (χ0v) is 10.4. The van der Waals surface area contributed by atoms with Gasteiger partial charge in [-0.2, -0.15) is 0 Å². The summed E-state index contributed by atoms with van der Waals surface area (Å²) in [4.78, 5) is 12.6. The van der Waals surface area contributed by atoms with Crippen molar-refractivity contribution in [2.24, 2.45) is 15.0 Å². The predicted molar refractivity (Wildman–Crippen MR) is 77.2 cm³/mol. The fourth-order valence-electron chi connectivity index (χ4n) is 2.49. The van der Waals surface area contributed by atoms with Crippen LogP contribution in [0.4, 0.5) is 0 Å². The summed E-state index contributed by atoms with van der Waals surface area (Å²) in [5, 5.41) is 2.43. The molecule has 2 aromatic carbocycles. The molecule has 1 heterocycles. The number of hydrogen-bond donors (Lipinski definition) is 0. The standard InChI is InChI=1S/C15H13N3/c1-9-11-7-5-4-6-10(11)8-12-13(9)15(17-3)18-14(12)16-2/h4-8H,2H2,1,3H3. The van der Waals surface area contributed by atoms with Gasteiger partial charge in [0.2, 0.25) is 0 Å². The van der Waals surface area contributed by atoms with Crippen molar-refractivity contribution >= 4 is 29.2 Å². The van der Waals surface area contributed by atoms with Crippen LogP contribution in [0.25, 0.3) is 10.8 Å². The zero-order valence-electron chi connectivity index (χ0n) is 10.4. The largest absolute Gasteiger partial charge is 0.270 e. The normalized spacial score (nSPS) is 15.9. The molecule has 0 fully saturated rings. The molecule has 0 unspecified atom stereocenters. The van der Waals surface area contributed by atoms with Crippen molar-refractivity contribution in [1.29, 1.82) is 0 Å². The number of nitrogens with zero attached hydrogens (tertiary/aromatic N) is 3. The molecule has 3 rings (SSSR count). The fraction of sp³-hybridized carbons (Fsp3) is 0.133. The number of amidine groups is 2. The van der Waals surface area contributed by atoms with Gasteiger partial charge in [-0.1, -0.05) is 24.3 Å². The molecule has 0 saturated carbocycles. The van der Waals surface area contributed by atoms with Crippen molar-refractivity contribution in [2.45, 2.75) is 6.92 Å². The molecule has 0 radical (unpaired) electrons. The van der Waals surface area contributed by atoms with Crippen molar-refractivity contribution in [2.75, 3.05) is 7.05 Å². The molecule has 0 aromatic heterocycles. The lowest BCUT2D eigenvalue weighted by atomic mass is 9.95. The van der Waals surface area contributed by atoms with Crippen molar-refractivity contribution in [3.63, 3.8) is 0 Å². The Balaban J connectivity index is 2.45. The van der Waals surface area contributed by atoms with Gasteiger partial charge in [-0.15, -0.1) is 0 Å². The van der Waals surface area contributed by atoms with Gasteiger partial charge in [-0.05, 0) is 36.0 Å². The van der Waals surface area contributed by atoms with Crippen LogP contribution in [0.1, 0.15) is 16.7 Å². The highest BCUT2D eigenvalue weighted by Crippen LogP contribution is 2.30. The van der Waals surface area contributed by atoms with Gasteiger partial charge in [0.15, 0.2) is 11.7 Å². The van der Waals surface area contributed by atoms with Gasteiger partial charge in [0.05, 0.1) is 0 Å². The second kappa shape index (κ2) is 3.88. The second-order valence-electron chi connectivity index (χ2n) is 4.29. The molecule has 1 aliphatic rings.